The minimum Gasteiger partial charge on any atom is -0.478 e. The van der Waals surface area contributed by atoms with Gasteiger partial charge in [0, 0.05) is 0 Å². The lowest BCUT2D eigenvalue weighted by molar-refractivity contribution is 0.0697. The molecule has 0 fully saturated rings. The van der Waals surface area contributed by atoms with Gasteiger partial charge in [0.05, 0.1) is 10.6 Å². The average molecular weight is 305 g/mol. The van der Waals surface area contributed by atoms with Gasteiger partial charge in [0.1, 0.15) is 11.5 Å². The number of hydrogen-bond donors (Lipinski definition) is 1. The topological polar surface area (TPSA) is 46.5 Å². The first-order chi connectivity index (χ1) is 10.0. The second kappa shape index (κ2) is 6.64. The van der Waals surface area contributed by atoms with Crippen LogP contribution in [0.5, 0.6) is 11.5 Å². The molecular formula is C17H17ClO3. The fourth-order valence-electron chi connectivity index (χ4n) is 2.04. The van der Waals surface area contributed by atoms with E-state index < -0.39 is 5.97 Å². The minimum atomic E-state index is -1.01. The second-order valence-corrected chi connectivity index (χ2v) is 5.31. The maximum absolute atomic E-state index is 10.9. The zero-order valence-electron chi connectivity index (χ0n) is 12.0. The number of benzene rings is 2. The molecule has 0 saturated heterocycles. The zero-order chi connectivity index (χ0) is 15.4. The molecule has 21 heavy (non-hydrogen) atoms. The molecule has 0 aliphatic carbocycles. The molecule has 1 N–H and O–H groups in total. The zero-order valence-corrected chi connectivity index (χ0v) is 12.7. The smallest absolute Gasteiger partial charge is 0.335 e. The largest absolute Gasteiger partial charge is 0.478 e. The van der Waals surface area contributed by atoms with Crippen molar-refractivity contribution < 1.29 is 14.6 Å². The molecule has 0 amide bonds. The van der Waals surface area contributed by atoms with Crippen LogP contribution in [0, 0.1) is 0 Å². The van der Waals surface area contributed by atoms with Crippen LogP contribution in [-0.4, -0.2) is 11.1 Å². The van der Waals surface area contributed by atoms with Gasteiger partial charge in [-0.15, -0.1) is 0 Å². The molecule has 2 rings (SSSR count). The predicted octanol–water partition coefficient (Wildman–Crippen LogP) is 5.34. The molecule has 0 aliphatic heterocycles. The summed E-state index contributed by atoms with van der Waals surface area (Å²) in [7, 11) is 0. The van der Waals surface area contributed by atoms with Crippen molar-refractivity contribution in [3.63, 3.8) is 0 Å². The first-order valence-electron chi connectivity index (χ1n) is 6.82. The summed E-state index contributed by atoms with van der Waals surface area (Å²) < 4.78 is 5.87. The molecule has 1 unspecified atom stereocenters. The molecule has 2 aromatic rings. The van der Waals surface area contributed by atoms with E-state index in [9.17, 15) is 4.79 Å². The number of para-hydroxylation sites is 1. The van der Waals surface area contributed by atoms with Crippen LogP contribution < -0.4 is 4.74 Å². The standard InChI is InChI=1S/C17H17ClO3/c1-3-11(2)13-6-4-5-7-15(13)21-16-9-8-12(17(19)20)10-14(16)18/h4-11H,3H2,1-2H3,(H,19,20). The highest BCUT2D eigenvalue weighted by atomic mass is 35.5. The van der Waals surface area contributed by atoms with Crippen LogP contribution in [0.15, 0.2) is 42.5 Å². The number of carboxylic acids is 1. The third-order valence-electron chi connectivity index (χ3n) is 3.46. The van der Waals surface area contributed by atoms with Gasteiger partial charge in [-0.05, 0) is 42.2 Å². The lowest BCUT2D eigenvalue weighted by Crippen LogP contribution is -1.98. The normalized spacial score (nSPS) is 12.0. The number of hydrogen-bond acceptors (Lipinski definition) is 2. The van der Waals surface area contributed by atoms with Gasteiger partial charge in [-0.1, -0.05) is 43.6 Å². The fraction of sp³-hybridized carbons (Fsp3) is 0.235. The minimum absolute atomic E-state index is 0.141. The molecule has 4 heteroatoms. The highest BCUT2D eigenvalue weighted by Crippen LogP contribution is 2.35. The number of halogens is 1. The fourth-order valence-corrected chi connectivity index (χ4v) is 2.25. The summed E-state index contributed by atoms with van der Waals surface area (Å²) in [6.07, 6.45) is 1.01. The number of carboxylic acid groups (broad SMARTS) is 1. The van der Waals surface area contributed by atoms with Crippen LogP contribution in [0.2, 0.25) is 5.02 Å². The first-order valence-corrected chi connectivity index (χ1v) is 7.20. The van der Waals surface area contributed by atoms with Gasteiger partial charge in [0.2, 0.25) is 0 Å². The monoisotopic (exact) mass is 304 g/mol. The molecule has 0 aliphatic rings. The molecule has 0 spiro atoms. The molecule has 0 saturated carbocycles. The van der Waals surface area contributed by atoms with E-state index in [1.165, 1.54) is 12.1 Å². The Morgan fingerprint density at radius 1 is 1.24 bits per heavy atom. The van der Waals surface area contributed by atoms with Gasteiger partial charge in [-0.3, -0.25) is 0 Å². The Morgan fingerprint density at radius 3 is 2.57 bits per heavy atom. The lowest BCUT2D eigenvalue weighted by atomic mass is 9.98. The van der Waals surface area contributed by atoms with Crippen LogP contribution in [0.4, 0.5) is 0 Å². The maximum atomic E-state index is 10.9. The third-order valence-corrected chi connectivity index (χ3v) is 3.76. The van der Waals surface area contributed by atoms with Gasteiger partial charge in [0.25, 0.3) is 0 Å². The van der Waals surface area contributed by atoms with E-state index in [-0.39, 0.29) is 10.6 Å². The van der Waals surface area contributed by atoms with Crippen molar-refractivity contribution in [2.45, 2.75) is 26.2 Å². The van der Waals surface area contributed by atoms with Crippen LogP contribution in [-0.2, 0) is 0 Å². The van der Waals surface area contributed by atoms with Crippen LogP contribution in [0.1, 0.15) is 42.1 Å². The van der Waals surface area contributed by atoms with E-state index in [1.54, 1.807) is 6.07 Å². The van der Waals surface area contributed by atoms with Gasteiger partial charge in [0.15, 0.2) is 0 Å². The maximum Gasteiger partial charge on any atom is 0.335 e. The summed E-state index contributed by atoms with van der Waals surface area (Å²) in [6.45, 7) is 4.26. The predicted molar refractivity (Wildman–Crippen MR) is 83.6 cm³/mol. The summed E-state index contributed by atoms with van der Waals surface area (Å²) >= 11 is 6.10. The van der Waals surface area contributed by atoms with Crippen LogP contribution in [0.25, 0.3) is 0 Å². The molecule has 0 radical (unpaired) electrons. The second-order valence-electron chi connectivity index (χ2n) is 4.90. The Hall–Kier alpha value is -2.00. The summed E-state index contributed by atoms with van der Waals surface area (Å²) in [6, 6.07) is 12.3. The number of aromatic carboxylic acids is 1. The molecule has 1 atom stereocenters. The Morgan fingerprint density at radius 2 is 1.95 bits per heavy atom. The molecule has 0 aromatic heterocycles. The number of rotatable bonds is 5. The molecule has 0 heterocycles. The van der Waals surface area contributed by atoms with Gasteiger partial charge in [-0.2, -0.15) is 0 Å². The van der Waals surface area contributed by atoms with Gasteiger partial charge < -0.3 is 9.84 Å². The van der Waals surface area contributed by atoms with E-state index in [1.807, 2.05) is 24.3 Å². The van der Waals surface area contributed by atoms with Crippen molar-refractivity contribution in [3.8, 4) is 11.5 Å². The average Bonchev–Trinajstić information content (AvgIpc) is 2.49. The number of carbonyl (C=O) groups is 1. The van der Waals surface area contributed by atoms with Crippen molar-refractivity contribution >= 4 is 17.6 Å². The highest BCUT2D eigenvalue weighted by Gasteiger charge is 2.13. The van der Waals surface area contributed by atoms with E-state index >= 15 is 0 Å². The van der Waals surface area contributed by atoms with E-state index in [4.69, 9.17) is 21.4 Å². The SMILES string of the molecule is CCC(C)c1ccccc1Oc1ccc(C(=O)O)cc1Cl. The first kappa shape index (κ1) is 15.4. The molecular weight excluding hydrogens is 288 g/mol. The Balaban J connectivity index is 2.33. The van der Waals surface area contributed by atoms with E-state index in [0.717, 1.165) is 17.7 Å². The van der Waals surface area contributed by atoms with Gasteiger partial charge in [-0.25, -0.2) is 4.79 Å². The van der Waals surface area contributed by atoms with Crippen molar-refractivity contribution in [1.29, 1.82) is 0 Å². The highest BCUT2D eigenvalue weighted by molar-refractivity contribution is 6.32. The van der Waals surface area contributed by atoms with Crippen LogP contribution in [0.3, 0.4) is 0 Å². The summed E-state index contributed by atoms with van der Waals surface area (Å²) in [5.41, 5.74) is 1.25. The lowest BCUT2D eigenvalue weighted by Gasteiger charge is -2.16. The molecule has 2 aromatic carbocycles. The Bertz CT molecular complexity index is 652. The summed E-state index contributed by atoms with van der Waals surface area (Å²) in [5.74, 6) is 0.566. The third kappa shape index (κ3) is 3.56. The van der Waals surface area contributed by atoms with Crippen molar-refractivity contribution in [2.24, 2.45) is 0 Å². The van der Waals surface area contributed by atoms with Crippen LogP contribution >= 0.6 is 11.6 Å². The summed E-state index contributed by atoms with van der Waals surface area (Å²) in [5, 5.41) is 9.23. The van der Waals surface area contributed by atoms with Crippen molar-refractivity contribution in [2.75, 3.05) is 0 Å². The molecule has 0 bridgehead atoms. The van der Waals surface area contributed by atoms with E-state index in [2.05, 4.69) is 13.8 Å². The molecule has 110 valence electrons. The summed E-state index contributed by atoms with van der Waals surface area (Å²) in [4.78, 5) is 10.9. The van der Waals surface area contributed by atoms with Crippen molar-refractivity contribution in [3.05, 3.63) is 58.6 Å². The van der Waals surface area contributed by atoms with E-state index in [0.29, 0.717) is 11.7 Å². The number of ether oxygens (including phenoxy) is 1. The Labute approximate surface area is 129 Å². The van der Waals surface area contributed by atoms with Crippen molar-refractivity contribution in [1.82, 2.24) is 0 Å². The Kier molecular flexibility index (Phi) is 4.86. The molecule has 3 nitrogen and oxygen atoms in total. The quantitative estimate of drug-likeness (QED) is 0.810. The van der Waals surface area contributed by atoms with Gasteiger partial charge >= 0.3 is 5.97 Å².